The summed E-state index contributed by atoms with van der Waals surface area (Å²) in [7, 11) is -2.13. The summed E-state index contributed by atoms with van der Waals surface area (Å²) in [6.45, 7) is 4.14. The van der Waals surface area contributed by atoms with Crippen LogP contribution in [0.2, 0.25) is 0 Å². The fraction of sp³-hybridized carbons (Fsp3) is 0.286. The minimum Gasteiger partial charge on any atom is -0.383 e. The van der Waals surface area contributed by atoms with E-state index in [9.17, 15) is 13.2 Å². The summed E-state index contributed by atoms with van der Waals surface area (Å²) in [4.78, 5) is 12.6. The maximum Gasteiger partial charge on any atom is 0.244 e. The van der Waals surface area contributed by atoms with E-state index in [2.05, 4.69) is 10.0 Å². The quantitative estimate of drug-likeness (QED) is 0.592. The van der Waals surface area contributed by atoms with Crippen LogP contribution in [0.3, 0.4) is 0 Å². The van der Waals surface area contributed by atoms with Crippen molar-refractivity contribution in [1.82, 2.24) is 9.29 Å². The Morgan fingerprint density at radius 3 is 2.52 bits per heavy atom. The van der Waals surface area contributed by atoms with Crippen molar-refractivity contribution in [3.63, 3.8) is 0 Å². The lowest BCUT2D eigenvalue weighted by Crippen LogP contribution is -2.35. The SMILES string of the molecule is COC[C@H](C)NS(=O)(=O)c1ccc(NC(=O)Cn2c(C)cc3ccccc32)cc1. The van der Waals surface area contributed by atoms with E-state index in [0.29, 0.717) is 5.69 Å². The lowest BCUT2D eigenvalue weighted by atomic mass is 10.2. The number of aryl methyl sites for hydroxylation is 1. The summed E-state index contributed by atoms with van der Waals surface area (Å²) in [5, 5.41) is 3.90. The number of carbonyl (C=O) groups is 1. The molecule has 29 heavy (non-hydrogen) atoms. The second-order valence-electron chi connectivity index (χ2n) is 6.98. The number of sulfonamides is 1. The highest BCUT2D eigenvalue weighted by Crippen LogP contribution is 2.20. The molecule has 0 saturated heterocycles. The van der Waals surface area contributed by atoms with Crippen molar-refractivity contribution < 1.29 is 17.9 Å². The molecule has 1 heterocycles. The Labute approximate surface area is 170 Å². The molecule has 0 saturated carbocycles. The molecule has 2 N–H and O–H groups in total. The Morgan fingerprint density at radius 2 is 1.83 bits per heavy atom. The number of rotatable bonds is 8. The number of para-hydroxylation sites is 1. The van der Waals surface area contributed by atoms with Crippen molar-refractivity contribution in [1.29, 1.82) is 0 Å². The minimum atomic E-state index is -3.64. The number of nitrogens with zero attached hydrogens (tertiary/aromatic N) is 1. The van der Waals surface area contributed by atoms with Crippen molar-refractivity contribution in [3.8, 4) is 0 Å². The van der Waals surface area contributed by atoms with Crippen LogP contribution in [0.25, 0.3) is 10.9 Å². The van der Waals surface area contributed by atoms with Gasteiger partial charge in [-0.2, -0.15) is 0 Å². The molecule has 8 heteroatoms. The number of ether oxygens (including phenoxy) is 1. The topological polar surface area (TPSA) is 89.4 Å². The number of fused-ring (bicyclic) bond motifs is 1. The summed E-state index contributed by atoms with van der Waals surface area (Å²) in [5.74, 6) is -0.183. The van der Waals surface area contributed by atoms with E-state index < -0.39 is 10.0 Å². The van der Waals surface area contributed by atoms with Gasteiger partial charge in [-0.1, -0.05) is 18.2 Å². The molecule has 3 aromatic rings. The van der Waals surface area contributed by atoms with Crippen LogP contribution < -0.4 is 10.0 Å². The van der Waals surface area contributed by atoms with E-state index in [1.807, 2.05) is 41.8 Å². The van der Waals surface area contributed by atoms with Crippen molar-refractivity contribution >= 4 is 32.5 Å². The Morgan fingerprint density at radius 1 is 1.14 bits per heavy atom. The monoisotopic (exact) mass is 415 g/mol. The Balaban J connectivity index is 1.68. The van der Waals surface area contributed by atoms with Crippen LogP contribution in [-0.4, -0.2) is 38.7 Å². The third kappa shape index (κ3) is 5.03. The minimum absolute atomic E-state index is 0.130. The molecule has 7 nitrogen and oxygen atoms in total. The highest BCUT2D eigenvalue weighted by atomic mass is 32.2. The van der Waals surface area contributed by atoms with Crippen LogP contribution in [0.1, 0.15) is 12.6 Å². The first-order chi connectivity index (χ1) is 13.8. The zero-order valence-corrected chi connectivity index (χ0v) is 17.5. The number of benzene rings is 2. The van der Waals surface area contributed by atoms with Crippen molar-refractivity contribution in [2.24, 2.45) is 0 Å². The predicted molar refractivity (Wildman–Crippen MR) is 113 cm³/mol. The lowest BCUT2D eigenvalue weighted by Gasteiger charge is -2.14. The zero-order chi connectivity index (χ0) is 21.0. The van der Waals surface area contributed by atoms with Crippen LogP contribution in [0, 0.1) is 6.92 Å². The van der Waals surface area contributed by atoms with E-state index >= 15 is 0 Å². The van der Waals surface area contributed by atoms with E-state index in [1.54, 1.807) is 19.1 Å². The molecule has 0 fully saturated rings. The average Bonchev–Trinajstić information content (AvgIpc) is 2.97. The number of hydrogen-bond donors (Lipinski definition) is 2. The summed E-state index contributed by atoms with van der Waals surface area (Å²) in [6.07, 6.45) is 0. The van der Waals surface area contributed by atoms with Gasteiger partial charge in [0.15, 0.2) is 0 Å². The van der Waals surface area contributed by atoms with Gasteiger partial charge >= 0.3 is 0 Å². The molecule has 0 bridgehead atoms. The van der Waals surface area contributed by atoms with Crippen molar-refractivity contribution in [2.75, 3.05) is 19.0 Å². The lowest BCUT2D eigenvalue weighted by molar-refractivity contribution is -0.116. The maximum atomic E-state index is 12.5. The fourth-order valence-electron chi connectivity index (χ4n) is 3.24. The predicted octanol–water partition coefficient (Wildman–Crippen LogP) is 2.90. The van der Waals surface area contributed by atoms with Crippen LogP contribution in [0.4, 0.5) is 5.69 Å². The van der Waals surface area contributed by atoms with Crippen molar-refractivity contribution in [3.05, 3.63) is 60.3 Å². The molecule has 1 amide bonds. The van der Waals surface area contributed by atoms with E-state index in [-0.39, 0.29) is 30.0 Å². The second kappa shape index (κ2) is 8.77. The van der Waals surface area contributed by atoms with Gasteiger partial charge in [-0.05, 0) is 55.6 Å². The molecular formula is C21H25N3O4S. The molecule has 0 aliphatic heterocycles. The number of hydrogen-bond acceptors (Lipinski definition) is 4. The van der Waals surface area contributed by atoms with E-state index in [0.717, 1.165) is 16.6 Å². The average molecular weight is 416 g/mol. The first-order valence-corrected chi connectivity index (χ1v) is 10.7. The Bertz CT molecular complexity index is 1100. The summed E-state index contributed by atoms with van der Waals surface area (Å²) in [5.41, 5.74) is 2.53. The number of aromatic nitrogens is 1. The second-order valence-corrected chi connectivity index (χ2v) is 8.69. The molecule has 0 unspecified atom stereocenters. The zero-order valence-electron chi connectivity index (χ0n) is 16.7. The van der Waals surface area contributed by atoms with Gasteiger partial charge in [-0.3, -0.25) is 4.79 Å². The molecule has 0 radical (unpaired) electrons. The van der Waals surface area contributed by atoms with Crippen LogP contribution >= 0.6 is 0 Å². The number of methoxy groups -OCH3 is 1. The number of anilines is 1. The highest BCUT2D eigenvalue weighted by molar-refractivity contribution is 7.89. The Kier molecular flexibility index (Phi) is 6.36. The fourth-order valence-corrected chi connectivity index (χ4v) is 4.46. The Hall–Kier alpha value is -2.68. The molecular weight excluding hydrogens is 390 g/mol. The standard InChI is InChI=1S/C21H25N3O4S/c1-15(14-28-3)23-29(26,27)19-10-8-18(9-11-19)22-21(25)13-24-16(2)12-17-6-4-5-7-20(17)24/h4-12,15,23H,13-14H2,1-3H3,(H,22,25)/t15-/m0/s1. The summed E-state index contributed by atoms with van der Waals surface area (Å²) >= 11 is 0. The van der Waals surface area contributed by atoms with Gasteiger partial charge in [0.05, 0.1) is 11.5 Å². The molecule has 3 rings (SSSR count). The largest absolute Gasteiger partial charge is 0.383 e. The van der Waals surface area contributed by atoms with Crippen molar-refractivity contribution in [2.45, 2.75) is 31.3 Å². The highest BCUT2D eigenvalue weighted by Gasteiger charge is 2.17. The van der Waals surface area contributed by atoms with Gasteiger partial charge in [0.25, 0.3) is 0 Å². The van der Waals surface area contributed by atoms with Gasteiger partial charge in [0, 0.05) is 30.0 Å². The molecule has 0 aliphatic rings. The maximum absolute atomic E-state index is 12.5. The van der Waals surface area contributed by atoms with Gasteiger partial charge in [0.1, 0.15) is 6.54 Å². The summed E-state index contributed by atoms with van der Waals surface area (Å²) < 4.78 is 34.2. The van der Waals surface area contributed by atoms with Crippen LogP contribution in [0.15, 0.2) is 59.5 Å². The molecule has 2 aromatic carbocycles. The third-order valence-electron chi connectivity index (χ3n) is 4.54. The first-order valence-electron chi connectivity index (χ1n) is 9.26. The van der Waals surface area contributed by atoms with E-state index in [1.165, 1.54) is 19.2 Å². The van der Waals surface area contributed by atoms with E-state index in [4.69, 9.17) is 4.74 Å². The number of amides is 1. The van der Waals surface area contributed by atoms with Crippen LogP contribution in [-0.2, 0) is 26.1 Å². The van der Waals surface area contributed by atoms with Crippen LogP contribution in [0.5, 0.6) is 0 Å². The normalized spacial score (nSPS) is 12.8. The number of carbonyl (C=O) groups excluding carboxylic acids is 1. The smallest absolute Gasteiger partial charge is 0.244 e. The molecule has 1 aromatic heterocycles. The summed E-state index contributed by atoms with van der Waals surface area (Å²) in [6, 6.07) is 15.7. The first kappa shape index (κ1) is 21.0. The third-order valence-corrected chi connectivity index (χ3v) is 6.15. The number of nitrogens with one attached hydrogen (secondary N) is 2. The van der Waals surface area contributed by atoms with Gasteiger partial charge in [0.2, 0.25) is 15.9 Å². The molecule has 0 spiro atoms. The van der Waals surface area contributed by atoms with Gasteiger partial charge in [-0.25, -0.2) is 13.1 Å². The molecule has 0 aliphatic carbocycles. The van der Waals surface area contributed by atoms with Gasteiger partial charge in [-0.15, -0.1) is 0 Å². The van der Waals surface area contributed by atoms with Gasteiger partial charge < -0.3 is 14.6 Å². The molecule has 1 atom stereocenters. The molecule has 154 valence electrons.